The molecule has 3 saturated carbocycles. The maximum absolute atomic E-state index is 11.9. The van der Waals surface area contributed by atoms with Gasteiger partial charge in [0.05, 0.1) is 12.0 Å². The van der Waals surface area contributed by atoms with Crippen LogP contribution in [0.25, 0.3) is 0 Å². The van der Waals surface area contributed by atoms with Crippen molar-refractivity contribution in [2.75, 3.05) is 0 Å². The largest absolute Gasteiger partial charge is 0.295 e. The van der Waals surface area contributed by atoms with E-state index in [2.05, 4.69) is 26.8 Å². The first-order valence-corrected chi connectivity index (χ1v) is 9.53. The number of hydrogen-bond donors (Lipinski definition) is 0. The van der Waals surface area contributed by atoms with Gasteiger partial charge in [-0.15, -0.1) is 0 Å². The summed E-state index contributed by atoms with van der Waals surface area (Å²) in [5.74, 6) is 3.46. The Bertz CT molecular complexity index is 614. The Kier molecular flexibility index (Phi) is 3.32. The Morgan fingerprint density at radius 2 is 1.96 bits per heavy atom. The molecule has 2 nitrogen and oxygen atoms in total. The molecule has 0 radical (unpaired) electrons. The number of nitrogens with zero attached hydrogens (tertiary/aromatic N) is 1. The lowest BCUT2D eigenvalue weighted by Crippen LogP contribution is -2.53. The lowest BCUT2D eigenvalue weighted by atomic mass is 9.45. The van der Waals surface area contributed by atoms with Gasteiger partial charge < -0.3 is 0 Å². The number of allylic oxidation sites excluding steroid dienone is 1. The van der Waals surface area contributed by atoms with Gasteiger partial charge >= 0.3 is 0 Å². The molecule has 0 aromatic carbocycles. The maximum atomic E-state index is 11.9. The maximum Gasteiger partial charge on any atom is 0.155 e. The van der Waals surface area contributed by atoms with Gasteiger partial charge in [-0.05, 0) is 79.1 Å². The molecule has 0 spiro atoms. The van der Waals surface area contributed by atoms with Gasteiger partial charge in [-0.3, -0.25) is 4.79 Å². The predicted molar refractivity (Wildman–Crippen MR) is 90.4 cm³/mol. The second kappa shape index (κ2) is 4.95. The van der Waals surface area contributed by atoms with Gasteiger partial charge in [0.1, 0.15) is 0 Å². The monoisotopic (exact) mass is 311 g/mol. The number of hydrogen-bond acceptors (Lipinski definition) is 2. The van der Waals surface area contributed by atoms with Gasteiger partial charge in [0.15, 0.2) is 5.78 Å². The summed E-state index contributed by atoms with van der Waals surface area (Å²) in [6, 6.07) is 2.63. The van der Waals surface area contributed by atoms with Crippen molar-refractivity contribution in [3.05, 3.63) is 11.6 Å². The van der Waals surface area contributed by atoms with Gasteiger partial charge in [0.2, 0.25) is 0 Å². The number of rotatable bonds is 0. The molecule has 0 heterocycles. The second-order valence-corrected chi connectivity index (χ2v) is 9.33. The summed E-state index contributed by atoms with van der Waals surface area (Å²) in [5.41, 5.74) is 1.93. The highest BCUT2D eigenvalue weighted by Gasteiger charge is 2.60. The Hall–Kier alpha value is -1.10. The van der Waals surface area contributed by atoms with E-state index in [4.69, 9.17) is 0 Å². The zero-order valence-electron chi connectivity index (χ0n) is 14.8. The zero-order chi connectivity index (χ0) is 16.4. The lowest BCUT2D eigenvalue weighted by Gasteiger charge is -2.59. The molecule has 124 valence electrons. The van der Waals surface area contributed by atoms with E-state index in [1.54, 1.807) is 0 Å². The van der Waals surface area contributed by atoms with E-state index in [9.17, 15) is 10.1 Å². The van der Waals surface area contributed by atoms with Crippen molar-refractivity contribution in [2.24, 2.45) is 40.4 Å². The molecule has 0 amide bonds. The number of carbonyl (C=O) groups is 1. The molecule has 0 aromatic heterocycles. The van der Waals surface area contributed by atoms with E-state index in [1.165, 1.54) is 24.8 Å². The number of ketones is 1. The normalized spacial score (nSPS) is 52.0. The van der Waals surface area contributed by atoms with E-state index >= 15 is 0 Å². The highest BCUT2D eigenvalue weighted by atomic mass is 16.1. The molecular weight excluding hydrogens is 282 g/mol. The van der Waals surface area contributed by atoms with Gasteiger partial charge in [0, 0.05) is 6.42 Å². The Morgan fingerprint density at radius 3 is 2.70 bits per heavy atom. The smallest absolute Gasteiger partial charge is 0.155 e. The van der Waals surface area contributed by atoms with Crippen LogP contribution in [0.4, 0.5) is 0 Å². The minimum Gasteiger partial charge on any atom is -0.295 e. The van der Waals surface area contributed by atoms with Crippen molar-refractivity contribution < 1.29 is 4.79 Å². The minimum atomic E-state index is 0.242. The molecule has 0 N–H and O–H groups in total. The molecule has 23 heavy (non-hydrogen) atoms. The molecule has 0 aromatic rings. The lowest BCUT2D eigenvalue weighted by molar-refractivity contribution is -0.118. The van der Waals surface area contributed by atoms with Gasteiger partial charge in [-0.25, -0.2) is 0 Å². The summed E-state index contributed by atoms with van der Waals surface area (Å²) in [7, 11) is 0. The molecule has 7 atom stereocenters. The van der Waals surface area contributed by atoms with E-state index in [0.717, 1.165) is 43.4 Å². The summed E-state index contributed by atoms with van der Waals surface area (Å²) < 4.78 is 0. The Labute approximate surface area is 140 Å². The van der Waals surface area contributed by atoms with Crippen LogP contribution in [0.5, 0.6) is 0 Å². The van der Waals surface area contributed by atoms with Crippen LogP contribution in [0.1, 0.15) is 65.7 Å². The summed E-state index contributed by atoms with van der Waals surface area (Å²) in [4.78, 5) is 11.9. The molecular formula is C21H29NO. The summed E-state index contributed by atoms with van der Waals surface area (Å²) in [5, 5.41) is 9.60. The third kappa shape index (κ3) is 1.95. The first-order valence-electron chi connectivity index (χ1n) is 9.53. The predicted octanol–water partition coefficient (Wildman–Crippen LogP) is 4.90. The van der Waals surface area contributed by atoms with Crippen LogP contribution in [-0.2, 0) is 4.79 Å². The first kappa shape index (κ1) is 15.4. The average Bonchev–Trinajstić information content (AvgIpc) is 2.85. The molecule has 0 saturated heterocycles. The topological polar surface area (TPSA) is 40.9 Å². The number of fused-ring (bicyclic) bond motifs is 5. The van der Waals surface area contributed by atoms with E-state index in [-0.39, 0.29) is 16.7 Å². The SMILES string of the molecule is CC1CC2=CC(=O)CCC2(C)C2CCC3(C)C(C#N)CCC3C12. The minimum absolute atomic E-state index is 0.242. The van der Waals surface area contributed by atoms with Crippen molar-refractivity contribution in [3.8, 4) is 6.07 Å². The quantitative estimate of drug-likeness (QED) is 0.638. The summed E-state index contributed by atoms with van der Waals surface area (Å²) in [6.45, 7) is 7.25. The highest BCUT2D eigenvalue weighted by Crippen LogP contribution is 2.67. The fourth-order valence-corrected chi connectivity index (χ4v) is 7.12. The molecule has 4 aliphatic carbocycles. The van der Waals surface area contributed by atoms with Crippen molar-refractivity contribution in [2.45, 2.75) is 65.7 Å². The molecule has 4 rings (SSSR count). The standard InChI is InChI=1S/C21H29NO/c1-13-10-15-11-16(23)6-8-21(15,3)18-7-9-20(2)14(12-22)4-5-17(20)19(13)18/h11,13-14,17-19H,4-10H2,1-3H3. The highest BCUT2D eigenvalue weighted by molar-refractivity contribution is 5.91. The molecule has 2 heteroatoms. The fraction of sp³-hybridized carbons (Fsp3) is 0.810. The van der Waals surface area contributed by atoms with Gasteiger partial charge in [-0.2, -0.15) is 5.26 Å². The van der Waals surface area contributed by atoms with Gasteiger partial charge in [-0.1, -0.05) is 26.3 Å². The van der Waals surface area contributed by atoms with Crippen LogP contribution in [0, 0.1) is 51.8 Å². The third-order valence-electron chi connectivity index (χ3n) is 8.47. The van der Waals surface area contributed by atoms with Crippen LogP contribution < -0.4 is 0 Å². The Balaban J connectivity index is 1.73. The van der Waals surface area contributed by atoms with Crippen molar-refractivity contribution in [3.63, 3.8) is 0 Å². The van der Waals surface area contributed by atoms with Crippen LogP contribution in [0.3, 0.4) is 0 Å². The molecule has 4 aliphatic rings. The molecule has 7 unspecified atom stereocenters. The average molecular weight is 311 g/mol. The molecule has 0 bridgehead atoms. The van der Waals surface area contributed by atoms with Crippen molar-refractivity contribution in [1.82, 2.24) is 0 Å². The Morgan fingerprint density at radius 1 is 1.17 bits per heavy atom. The number of nitriles is 1. The zero-order valence-corrected chi connectivity index (χ0v) is 14.8. The van der Waals surface area contributed by atoms with E-state index in [1.807, 2.05) is 6.08 Å². The van der Waals surface area contributed by atoms with Crippen LogP contribution in [-0.4, -0.2) is 5.78 Å². The second-order valence-electron chi connectivity index (χ2n) is 9.33. The van der Waals surface area contributed by atoms with Crippen molar-refractivity contribution in [1.29, 1.82) is 5.26 Å². The van der Waals surface area contributed by atoms with Gasteiger partial charge in [0.25, 0.3) is 0 Å². The fourth-order valence-electron chi connectivity index (χ4n) is 7.12. The number of carbonyl (C=O) groups excluding carboxylic acids is 1. The molecule has 0 aliphatic heterocycles. The van der Waals surface area contributed by atoms with Crippen LogP contribution in [0.15, 0.2) is 11.6 Å². The van der Waals surface area contributed by atoms with Crippen LogP contribution in [0.2, 0.25) is 0 Å². The molecule has 3 fully saturated rings. The summed E-state index contributed by atoms with van der Waals surface area (Å²) >= 11 is 0. The van der Waals surface area contributed by atoms with E-state index in [0.29, 0.717) is 11.7 Å². The van der Waals surface area contributed by atoms with Crippen molar-refractivity contribution >= 4 is 5.78 Å². The first-order chi connectivity index (χ1) is 10.9. The van der Waals surface area contributed by atoms with Crippen LogP contribution >= 0.6 is 0 Å². The third-order valence-corrected chi connectivity index (χ3v) is 8.47. The van der Waals surface area contributed by atoms with E-state index < -0.39 is 0 Å². The summed E-state index contributed by atoms with van der Waals surface area (Å²) in [6.07, 6.45) is 9.70.